The summed E-state index contributed by atoms with van der Waals surface area (Å²) in [5, 5.41) is 6.53. The molecule has 128 valence electrons. The summed E-state index contributed by atoms with van der Waals surface area (Å²) in [6, 6.07) is 14.9. The van der Waals surface area contributed by atoms with Gasteiger partial charge in [0, 0.05) is 0 Å². The van der Waals surface area contributed by atoms with Gasteiger partial charge in [0.25, 0.3) is 0 Å². The van der Waals surface area contributed by atoms with Crippen LogP contribution >= 0.6 is 12.2 Å². The van der Waals surface area contributed by atoms with E-state index in [1.54, 1.807) is 19.1 Å². The molecule has 0 fully saturated rings. The monoisotopic (exact) mass is 356 g/mol. The quantitative estimate of drug-likeness (QED) is 0.650. The van der Waals surface area contributed by atoms with Gasteiger partial charge in [0.2, 0.25) is 0 Å². The van der Waals surface area contributed by atoms with Crippen molar-refractivity contribution in [3.8, 4) is 0 Å². The van der Waals surface area contributed by atoms with Gasteiger partial charge in [0.05, 0.1) is 23.9 Å². The normalized spacial score (nSPS) is 16.9. The number of carbonyl (C=O) groups excluding carboxylic acids is 1. The van der Waals surface area contributed by atoms with Crippen molar-refractivity contribution in [2.45, 2.75) is 13.0 Å². The Morgan fingerprint density at radius 2 is 1.84 bits per heavy atom. The summed E-state index contributed by atoms with van der Waals surface area (Å²) in [5.74, 6) is -0.789. The van der Waals surface area contributed by atoms with Gasteiger partial charge in [-0.1, -0.05) is 42.5 Å². The third-order valence-corrected chi connectivity index (χ3v) is 4.05. The molecule has 0 saturated carbocycles. The van der Waals surface area contributed by atoms with Crippen LogP contribution in [0.4, 0.5) is 4.39 Å². The number of rotatable bonds is 4. The summed E-state index contributed by atoms with van der Waals surface area (Å²) < 4.78 is 18.5. The van der Waals surface area contributed by atoms with Crippen LogP contribution in [0.25, 0.3) is 5.70 Å². The Balaban J connectivity index is 2.16. The molecule has 0 aromatic heterocycles. The Bertz CT molecular complexity index is 819. The molecular formula is C19H17FN2O2S. The van der Waals surface area contributed by atoms with Crippen molar-refractivity contribution >= 4 is 29.0 Å². The van der Waals surface area contributed by atoms with E-state index in [2.05, 4.69) is 10.6 Å². The lowest BCUT2D eigenvalue weighted by Gasteiger charge is -2.31. The lowest BCUT2D eigenvalue weighted by Crippen LogP contribution is -2.45. The van der Waals surface area contributed by atoms with E-state index in [0.717, 1.165) is 11.1 Å². The van der Waals surface area contributed by atoms with Crippen LogP contribution < -0.4 is 10.6 Å². The van der Waals surface area contributed by atoms with Gasteiger partial charge < -0.3 is 15.4 Å². The van der Waals surface area contributed by atoms with Crippen molar-refractivity contribution in [2.75, 3.05) is 6.61 Å². The Hall–Kier alpha value is -2.73. The fraction of sp³-hybridized carbons (Fsp3) is 0.158. The second-order valence-corrected chi connectivity index (χ2v) is 5.87. The maximum absolute atomic E-state index is 13.3. The van der Waals surface area contributed by atoms with Gasteiger partial charge in [-0.3, -0.25) is 0 Å². The van der Waals surface area contributed by atoms with Crippen LogP contribution in [-0.4, -0.2) is 17.7 Å². The van der Waals surface area contributed by atoms with E-state index < -0.39 is 12.0 Å². The summed E-state index contributed by atoms with van der Waals surface area (Å²) >= 11 is 5.31. The van der Waals surface area contributed by atoms with Crippen molar-refractivity contribution in [2.24, 2.45) is 0 Å². The summed E-state index contributed by atoms with van der Waals surface area (Å²) in [6.45, 7) is 2.01. The predicted octanol–water partition coefficient (Wildman–Crippen LogP) is 3.32. The molecule has 0 spiro atoms. The van der Waals surface area contributed by atoms with E-state index in [0.29, 0.717) is 16.4 Å². The number of carbonyl (C=O) groups is 1. The van der Waals surface area contributed by atoms with Gasteiger partial charge in [0.15, 0.2) is 5.11 Å². The molecule has 0 radical (unpaired) electrons. The van der Waals surface area contributed by atoms with Gasteiger partial charge in [-0.25, -0.2) is 9.18 Å². The van der Waals surface area contributed by atoms with Crippen LogP contribution in [0.1, 0.15) is 24.1 Å². The Morgan fingerprint density at radius 1 is 1.16 bits per heavy atom. The van der Waals surface area contributed by atoms with Crippen LogP contribution in [0, 0.1) is 5.82 Å². The molecule has 0 saturated heterocycles. The molecule has 1 aliphatic heterocycles. The first-order chi connectivity index (χ1) is 12.1. The first-order valence-corrected chi connectivity index (χ1v) is 8.30. The average Bonchev–Trinajstić information content (AvgIpc) is 2.62. The smallest absolute Gasteiger partial charge is 0.338 e. The molecule has 0 bridgehead atoms. The first-order valence-electron chi connectivity index (χ1n) is 7.90. The zero-order valence-corrected chi connectivity index (χ0v) is 14.4. The maximum atomic E-state index is 13.3. The molecule has 1 unspecified atom stereocenters. The molecule has 1 aliphatic rings. The largest absolute Gasteiger partial charge is 0.463 e. The van der Waals surface area contributed by atoms with Gasteiger partial charge in [-0.2, -0.15) is 0 Å². The van der Waals surface area contributed by atoms with Crippen molar-refractivity contribution < 1.29 is 13.9 Å². The molecular weight excluding hydrogens is 339 g/mol. The second kappa shape index (κ2) is 7.44. The number of halogens is 1. The van der Waals surface area contributed by atoms with Gasteiger partial charge in [0.1, 0.15) is 5.82 Å². The number of hydrogen-bond acceptors (Lipinski definition) is 3. The summed E-state index contributed by atoms with van der Waals surface area (Å²) in [7, 11) is 0. The zero-order valence-electron chi connectivity index (χ0n) is 13.6. The van der Waals surface area contributed by atoms with Crippen LogP contribution in [0.15, 0.2) is 60.2 Å². The highest BCUT2D eigenvalue weighted by Gasteiger charge is 2.33. The van der Waals surface area contributed by atoms with E-state index in [-0.39, 0.29) is 12.4 Å². The molecule has 2 aromatic carbocycles. The minimum Gasteiger partial charge on any atom is -0.463 e. The number of esters is 1. The van der Waals surface area contributed by atoms with Crippen molar-refractivity contribution in [1.29, 1.82) is 0 Å². The molecule has 2 N–H and O–H groups in total. The summed E-state index contributed by atoms with van der Waals surface area (Å²) in [4.78, 5) is 12.7. The van der Waals surface area contributed by atoms with Crippen molar-refractivity contribution in [1.82, 2.24) is 10.6 Å². The minimum absolute atomic E-state index is 0.255. The SMILES string of the molecule is CCOC(=O)C1=C(c2ccccc2)NC(=S)NC1c1ccc(F)cc1. The predicted molar refractivity (Wildman–Crippen MR) is 98.0 cm³/mol. The fourth-order valence-corrected chi connectivity index (χ4v) is 2.95. The van der Waals surface area contributed by atoms with Gasteiger partial charge >= 0.3 is 5.97 Å². The highest BCUT2D eigenvalue weighted by molar-refractivity contribution is 7.80. The lowest BCUT2D eigenvalue weighted by molar-refractivity contribution is -0.138. The number of benzene rings is 2. The van der Waals surface area contributed by atoms with Crippen LogP contribution in [0.3, 0.4) is 0 Å². The Labute approximate surface area is 150 Å². The summed E-state index contributed by atoms with van der Waals surface area (Å²) in [5.41, 5.74) is 2.55. The third kappa shape index (κ3) is 3.69. The molecule has 4 nitrogen and oxygen atoms in total. The molecule has 25 heavy (non-hydrogen) atoms. The van der Waals surface area contributed by atoms with E-state index in [4.69, 9.17) is 17.0 Å². The minimum atomic E-state index is -0.524. The number of ether oxygens (including phenoxy) is 1. The van der Waals surface area contributed by atoms with E-state index >= 15 is 0 Å². The maximum Gasteiger partial charge on any atom is 0.338 e. The highest BCUT2D eigenvalue weighted by Crippen LogP contribution is 2.32. The molecule has 0 amide bonds. The van der Waals surface area contributed by atoms with Gasteiger partial charge in [-0.15, -0.1) is 0 Å². The molecule has 0 aliphatic carbocycles. The first kappa shape index (κ1) is 17.1. The molecule has 1 heterocycles. The molecule has 6 heteroatoms. The van der Waals surface area contributed by atoms with Crippen LogP contribution in [-0.2, 0) is 9.53 Å². The van der Waals surface area contributed by atoms with Crippen molar-refractivity contribution in [3.63, 3.8) is 0 Å². The van der Waals surface area contributed by atoms with Gasteiger partial charge in [-0.05, 0) is 42.4 Å². The topological polar surface area (TPSA) is 50.4 Å². The van der Waals surface area contributed by atoms with Crippen LogP contribution in [0.5, 0.6) is 0 Å². The summed E-state index contributed by atoms with van der Waals surface area (Å²) in [6.07, 6.45) is 0. The molecule has 3 rings (SSSR count). The average molecular weight is 356 g/mol. The number of thiocarbonyl (C=S) groups is 1. The van der Waals surface area contributed by atoms with E-state index in [1.807, 2.05) is 30.3 Å². The highest BCUT2D eigenvalue weighted by atomic mass is 32.1. The number of hydrogen-bond donors (Lipinski definition) is 2. The Kier molecular flexibility index (Phi) is 5.09. The fourth-order valence-electron chi connectivity index (χ4n) is 2.73. The Morgan fingerprint density at radius 3 is 2.48 bits per heavy atom. The number of nitrogens with one attached hydrogen (secondary N) is 2. The lowest BCUT2D eigenvalue weighted by atomic mass is 9.93. The molecule has 1 atom stereocenters. The second-order valence-electron chi connectivity index (χ2n) is 5.46. The van der Waals surface area contributed by atoms with Crippen molar-refractivity contribution in [3.05, 3.63) is 77.1 Å². The van der Waals surface area contributed by atoms with E-state index in [9.17, 15) is 9.18 Å². The zero-order chi connectivity index (χ0) is 17.8. The standard InChI is InChI=1S/C19H17FN2O2S/c1-2-24-18(23)15-16(12-6-4-3-5-7-12)21-19(25)22-17(15)13-8-10-14(20)11-9-13/h3-11,17H,2H2,1H3,(H2,21,22,25). The molecule has 2 aromatic rings. The third-order valence-electron chi connectivity index (χ3n) is 3.83. The van der Waals surface area contributed by atoms with Crippen LogP contribution in [0.2, 0.25) is 0 Å². The van der Waals surface area contributed by atoms with E-state index in [1.165, 1.54) is 12.1 Å².